The van der Waals surface area contributed by atoms with Crippen LogP contribution in [0, 0.1) is 11.3 Å². The average Bonchev–Trinajstić information content (AvgIpc) is 3.06. The van der Waals surface area contributed by atoms with Crippen molar-refractivity contribution in [2.75, 3.05) is 20.7 Å². The van der Waals surface area contributed by atoms with Gasteiger partial charge in [0.2, 0.25) is 0 Å². The number of aliphatic hydroxyl groups excluding tert-OH is 1. The van der Waals surface area contributed by atoms with Gasteiger partial charge >= 0.3 is 0 Å². The van der Waals surface area contributed by atoms with Crippen molar-refractivity contribution >= 4 is 16.6 Å². The Labute approximate surface area is 152 Å². The van der Waals surface area contributed by atoms with Gasteiger partial charge in [-0.2, -0.15) is 5.26 Å². The van der Waals surface area contributed by atoms with Gasteiger partial charge in [-0.1, -0.05) is 12.1 Å². The summed E-state index contributed by atoms with van der Waals surface area (Å²) >= 11 is 0. The number of fused-ring (bicyclic) bond motifs is 1. The van der Waals surface area contributed by atoms with Crippen molar-refractivity contribution in [3.63, 3.8) is 0 Å². The number of imidazole rings is 1. The molecule has 0 bridgehead atoms. The van der Waals surface area contributed by atoms with Crippen LogP contribution in [-0.2, 0) is 6.54 Å². The van der Waals surface area contributed by atoms with Gasteiger partial charge in [0.05, 0.1) is 25.2 Å². The monoisotopic (exact) mass is 349 g/mol. The summed E-state index contributed by atoms with van der Waals surface area (Å²) < 4.78 is 5.16. The molecule has 132 valence electrons. The molecule has 0 spiro atoms. The number of likely N-dealkylation sites (N-methyl/N-ethyl adjacent to an activating group) is 1. The van der Waals surface area contributed by atoms with Gasteiger partial charge in [-0.15, -0.1) is 0 Å². The van der Waals surface area contributed by atoms with E-state index in [9.17, 15) is 10.4 Å². The van der Waals surface area contributed by atoms with Crippen LogP contribution in [0.4, 0.5) is 0 Å². The smallest absolute Gasteiger partial charge is 0.169 e. The van der Waals surface area contributed by atoms with E-state index in [0.29, 0.717) is 18.9 Å². The third kappa shape index (κ3) is 3.85. The molecule has 3 aromatic rings. The number of para-hydroxylation sites is 2. The largest absolute Gasteiger partial charge is 0.506 e. The van der Waals surface area contributed by atoms with Crippen LogP contribution >= 0.6 is 0 Å². The predicted molar refractivity (Wildman–Crippen MR) is 99.7 cm³/mol. The van der Waals surface area contributed by atoms with Crippen molar-refractivity contribution in [3.8, 4) is 11.8 Å². The predicted octanol–water partition coefficient (Wildman–Crippen LogP) is 2.08. The molecular weight excluding hydrogens is 328 g/mol. The number of ether oxygens (including phenoxy) is 1. The summed E-state index contributed by atoms with van der Waals surface area (Å²) in [6, 6.07) is 17.4. The quantitative estimate of drug-likeness (QED) is 0.470. The number of nitriles is 1. The third-order valence-electron chi connectivity index (χ3n) is 4.16. The molecular formula is C20H21N4O2+. The van der Waals surface area contributed by atoms with Gasteiger partial charge in [-0.3, -0.25) is 0 Å². The highest BCUT2D eigenvalue weighted by molar-refractivity contribution is 5.82. The van der Waals surface area contributed by atoms with E-state index in [1.165, 1.54) is 0 Å². The molecule has 0 amide bonds. The lowest BCUT2D eigenvalue weighted by Crippen LogP contribution is -3.07. The average molecular weight is 349 g/mol. The summed E-state index contributed by atoms with van der Waals surface area (Å²) in [5, 5.41) is 20.0. The Morgan fingerprint density at radius 1 is 1.23 bits per heavy atom. The maximum Gasteiger partial charge on any atom is 0.169 e. The van der Waals surface area contributed by atoms with E-state index >= 15 is 0 Å². The molecule has 0 aliphatic rings. The number of quaternary nitrogens is 1. The number of nitrogens with one attached hydrogen (secondary N) is 2. The Morgan fingerprint density at radius 2 is 1.96 bits per heavy atom. The first-order chi connectivity index (χ1) is 12.6. The van der Waals surface area contributed by atoms with E-state index in [2.05, 4.69) is 16.0 Å². The molecule has 0 aliphatic carbocycles. The summed E-state index contributed by atoms with van der Waals surface area (Å²) in [6.45, 7) is 1.04. The number of methoxy groups -OCH3 is 1. The van der Waals surface area contributed by atoms with Crippen molar-refractivity contribution in [1.82, 2.24) is 9.97 Å². The zero-order chi connectivity index (χ0) is 18.5. The molecule has 1 aromatic heterocycles. The first-order valence-corrected chi connectivity index (χ1v) is 8.32. The Kier molecular flexibility index (Phi) is 5.20. The minimum atomic E-state index is 0.0255. The third-order valence-corrected chi connectivity index (χ3v) is 4.16. The first kappa shape index (κ1) is 17.5. The van der Waals surface area contributed by atoms with Crippen molar-refractivity contribution in [2.45, 2.75) is 6.54 Å². The number of nitrogens with zero attached hydrogens (tertiary/aromatic N) is 2. The number of hydrogen-bond donors (Lipinski definition) is 3. The number of hydrogen-bond acceptors (Lipinski definition) is 4. The van der Waals surface area contributed by atoms with Crippen LogP contribution in [0.5, 0.6) is 5.75 Å². The molecule has 3 rings (SSSR count). The summed E-state index contributed by atoms with van der Waals surface area (Å²) in [5.74, 6) is 1.23. The Morgan fingerprint density at radius 3 is 2.62 bits per heavy atom. The van der Waals surface area contributed by atoms with Crippen molar-refractivity contribution < 1.29 is 14.7 Å². The molecule has 0 saturated heterocycles. The fourth-order valence-electron chi connectivity index (χ4n) is 2.85. The standard InChI is InChI=1S/C20H20N4O2/c1-24(12-14-7-9-15(26-2)10-8-14)13-19(25)16(11-21)20-22-17-5-3-4-6-18(17)23-20/h3-10,25H,12-13H2,1-2H3,(H,22,23)/p+1/b19-16-. The lowest BCUT2D eigenvalue weighted by atomic mass is 10.2. The maximum atomic E-state index is 10.5. The van der Waals surface area contributed by atoms with Crippen LogP contribution in [0.25, 0.3) is 16.6 Å². The maximum absolute atomic E-state index is 10.5. The van der Waals surface area contributed by atoms with E-state index < -0.39 is 0 Å². The second kappa shape index (κ2) is 7.72. The second-order valence-corrected chi connectivity index (χ2v) is 6.19. The molecule has 6 nitrogen and oxygen atoms in total. The number of allylic oxidation sites excluding steroid dienone is 1. The van der Waals surface area contributed by atoms with Crippen LogP contribution in [-0.4, -0.2) is 35.8 Å². The van der Waals surface area contributed by atoms with Crippen LogP contribution in [0.3, 0.4) is 0 Å². The van der Waals surface area contributed by atoms with Crippen LogP contribution in [0.2, 0.25) is 0 Å². The summed E-state index contributed by atoms with van der Waals surface area (Å²) in [7, 11) is 3.60. The summed E-state index contributed by atoms with van der Waals surface area (Å²) in [5.41, 5.74) is 2.90. The van der Waals surface area contributed by atoms with Gasteiger partial charge in [0.15, 0.2) is 11.6 Å². The van der Waals surface area contributed by atoms with Crippen LogP contribution < -0.4 is 9.64 Å². The molecule has 0 radical (unpaired) electrons. The first-order valence-electron chi connectivity index (χ1n) is 8.32. The fraction of sp³-hybridized carbons (Fsp3) is 0.200. The molecule has 2 aromatic carbocycles. The Hall–Kier alpha value is -3.30. The highest BCUT2D eigenvalue weighted by Gasteiger charge is 2.16. The van der Waals surface area contributed by atoms with E-state index in [0.717, 1.165) is 27.2 Å². The van der Waals surface area contributed by atoms with Crippen molar-refractivity contribution in [2.24, 2.45) is 0 Å². The van der Waals surface area contributed by atoms with E-state index in [1.54, 1.807) is 7.11 Å². The molecule has 1 heterocycles. The van der Waals surface area contributed by atoms with E-state index in [1.807, 2.05) is 55.6 Å². The molecule has 3 N–H and O–H groups in total. The van der Waals surface area contributed by atoms with Gasteiger partial charge in [-0.25, -0.2) is 4.98 Å². The second-order valence-electron chi connectivity index (χ2n) is 6.19. The summed E-state index contributed by atoms with van der Waals surface area (Å²) in [6.07, 6.45) is 0. The fourth-order valence-corrected chi connectivity index (χ4v) is 2.85. The number of aromatic amines is 1. The zero-order valence-corrected chi connectivity index (χ0v) is 14.8. The Bertz CT molecular complexity index is 934. The SMILES string of the molecule is COc1ccc(C[NH+](C)C/C(O)=C(\C#N)c2nc3ccccc3[nH]2)cc1. The van der Waals surface area contributed by atoms with Gasteiger partial charge in [-0.05, 0) is 36.4 Å². The highest BCUT2D eigenvalue weighted by atomic mass is 16.5. The topological polar surface area (TPSA) is 86.4 Å². The summed E-state index contributed by atoms with van der Waals surface area (Å²) in [4.78, 5) is 8.54. The molecule has 6 heteroatoms. The lowest BCUT2D eigenvalue weighted by molar-refractivity contribution is -0.890. The molecule has 0 saturated carbocycles. The molecule has 0 aliphatic heterocycles. The number of rotatable bonds is 6. The van der Waals surface area contributed by atoms with E-state index in [4.69, 9.17) is 4.74 Å². The van der Waals surface area contributed by atoms with Crippen molar-refractivity contribution in [3.05, 3.63) is 65.7 Å². The minimum Gasteiger partial charge on any atom is -0.506 e. The number of H-pyrrole nitrogens is 1. The van der Waals surface area contributed by atoms with Gasteiger partial charge in [0.1, 0.15) is 30.5 Å². The molecule has 26 heavy (non-hydrogen) atoms. The number of benzene rings is 2. The van der Waals surface area contributed by atoms with Gasteiger partial charge in [0, 0.05) is 5.56 Å². The minimum absolute atomic E-state index is 0.0255. The van der Waals surface area contributed by atoms with Crippen molar-refractivity contribution in [1.29, 1.82) is 5.26 Å². The molecule has 1 atom stereocenters. The molecule has 1 unspecified atom stereocenters. The van der Waals surface area contributed by atoms with Gasteiger partial charge < -0.3 is 19.7 Å². The zero-order valence-electron chi connectivity index (χ0n) is 14.8. The van der Waals surface area contributed by atoms with E-state index in [-0.39, 0.29) is 11.3 Å². The highest BCUT2D eigenvalue weighted by Crippen LogP contribution is 2.18. The number of aliphatic hydroxyl groups is 1. The van der Waals surface area contributed by atoms with Crippen LogP contribution in [0.1, 0.15) is 11.4 Å². The Balaban J connectivity index is 1.76. The van der Waals surface area contributed by atoms with Gasteiger partial charge in [0.25, 0.3) is 0 Å². The van der Waals surface area contributed by atoms with Crippen LogP contribution in [0.15, 0.2) is 54.3 Å². The lowest BCUT2D eigenvalue weighted by Gasteiger charge is -2.14. The number of aromatic nitrogens is 2. The normalized spacial score (nSPS) is 13.1. The molecule has 0 fully saturated rings.